The second-order valence-electron chi connectivity index (χ2n) is 4.48. The maximum Gasteiger partial charge on any atom is 0.137 e. The molecule has 0 radical (unpaired) electrons. The third kappa shape index (κ3) is 3.35. The Balaban J connectivity index is 2.24. The smallest absolute Gasteiger partial charge is 0.137 e. The molecule has 0 bridgehead atoms. The number of nitrogens with zero attached hydrogens (tertiary/aromatic N) is 1. The number of anilines is 1. The predicted octanol–water partition coefficient (Wildman–Crippen LogP) is 3.86. The van der Waals surface area contributed by atoms with Crippen LogP contribution in [0.25, 0.3) is 0 Å². The highest BCUT2D eigenvalue weighted by Crippen LogP contribution is 2.24. The first kappa shape index (κ1) is 14.9. The van der Waals surface area contributed by atoms with Crippen molar-refractivity contribution < 1.29 is 4.39 Å². The second kappa shape index (κ2) is 6.33. The Morgan fingerprint density at radius 2 is 2.00 bits per heavy atom. The Morgan fingerprint density at radius 3 is 2.70 bits per heavy atom. The maximum absolute atomic E-state index is 13.5. The molecule has 0 aliphatic heterocycles. The van der Waals surface area contributed by atoms with E-state index in [1.165, 1.54) is 6.07 Å². The van der Waals surface area contributed by atoms with E-state index in [0.29, 0.717) is 16.0 Å². The van der Waals surface area contributed by atoms with E-state index in [-0.39, 0.29) is 5.82 Å². The molecule has 0 aliphatic rings. The Morgan fingerprint density at radius 1 is 1.30 bits per heavy atom. The number of hydrogen-bond donors (Lipinski definition) is 1. The van der Waals surface area contributed by atoms with Gasteiger partial charge in [0.15, 0.2) is 0 Å². The summed E-state index contributed by atoms with van der Waals surface area (Å²) in [5.41, 5.74) is 8.32. The number of hydrogen-bond acceptors (Lipinski definition) is 2. The van der Waals surface area contributed by atoms with Gasteiger partial charge < -0.3 is 10.6 Å². The lowest BCUT2D eigenvalue weighted by atomic mass is 10.1. The third-order valence-electron chi connectivity index (χ3n) is 3.01. The van der Waals surface area contributed by atoms with E-state index in [0.717, 1.165) is 16.8 Å². The van der Waals surface area contributed by atoms with E-state index in [1.54, 1.807) is 6.07 Å². The summed E-state index contributed by atoms with van der Waals surface area (Å²) in [5, 5.41) is 0. The zero-order valence-electron chi connectivity index (χ0n) is 10.9. The Hall–Kier alpha value is -1.46. The Bertz CT molecular complexity index is 646. The molecule has 0 atom stereocenters. The van der Waals surface area contributed by atoms with Crippen LogP contribution in [0.5, 0.6) is 0 Å². The molecule has 0 aromatic heterocycles. The molecule has 104 valence electrons. The fourth-order valence-electron chi connectivity index (χ4n) is 1.91. The normalized spacial score (nSPS) is 10.3. The van der Waals surface area contributed by atoms with Crippen LogP contribution in [-0.4, -0.2) is 12.0 Å². The minimum atomic E-state index is -0.257. The molecule has 20 heavy (non-hydrogen) atoms. The highest BCUT2D eigenvalue weighted by molar-refractivity contribution is 9.10. The molecule has 2 aromatic carbocycles. The third-order valence-corrected chi connectivity index (χ3v) is 4.13. The van der Waals surface area contributed by atoms with Gasteiger partial charge in [-0.05, 0) is 39.7 Å². The van der Waals surface area contributed by atoms with Crippen LogP contribution in [0.2, 0.25) is 0 Å². The average Bonchev–Trinajstić information content (AvgIpc) is 2.44. The molecule has 0 saturated carbocycles. The molecule has 0 saturated heterocycles. The molecular weight excluding hydrogens is 339 g/mol. The van der Waals surface area contributed by atoms with Gasteiger partial charge in [0.1, 0.15) is 10.8 Å². The van der Waals surface area contributed by atoms with Crippen molar-refractivity contribution >= 4 is 38.8 Å². The van der Waals surface area contributed by atoms with Gasteiger partial charge in [0.25, 0.3) is 0 Å². The van der Waals surface area contributed by atoms with Crippen molar-refractivity contribution in [2.75, 3.05) is 11.9 Å². The first-order valence-corrected chi connectivity index (χ1v) is 7.23. The lowest BCUT2D eigenvalue weighted by Crippen LogP contribution is -2.18. The van der Waals surface area contributed by atoms with Crippen LogP contribution in [0.1, 0.15) is 11.1 Å². The molecule has 0 amide bonds. The van der Waals surface area contributed by atoms with Crippen LogP contribution in [0.4, 0.5) is 10.1 Å². The number of rotatable bonds is 4. The van der Waals surface area contributed by atoms with E-state index in [9.17, 15) is 4.39 Å². The van der Waals surface area contributed by atoms with Crippen molar-refractivity contribution in [3.63, 3.8) is 0 Å². The molecule has 5 heteroatoms. The molecule has 2 aromatic rings. The first-order chi connectivity index (χ1) is 9.49. The van der Waals surface area contributed by atoms with E-state index in [4.69, 9.17) is 18.0 Å². The molecule has 0 unspecified atom stereocenters. The van der Waals surface area contributed by atoms with Crippen LogP contribution in [-0.2, 0) is 6.54 Å². The highest BCUT2D eigenvalue weighted by atomic mass is 79.9. The lowest BCUT2D eigenvalue weighted by Gasteiger charge is -2.21. The Labute approximate surface area is 131 Å². The summed E-state index contributed by atoms with van der Waals surface area (Å²) in [6, 6.07) is 12.7. The lowest BCUT2D eigenvalue weighted by molar-refractivity contribution is 0.617. The quantitative estimate of drug-likeness (QED) is 0.847. The molecule has 2 N–H and O–H groups in total. The summed E-state index contributed by atoms with van der Waals surface area (Å²) in [7, 11) is 1.94. The summed E-state index contributed by atoms with van der Waals surface area (Å²) >= 11 is 8.25. The fourth-order valence-corrected chi connectivity index (χ4v) is 2.43. The number of nitrogens with two attached hydrogens (primary N) is 1. The Kier molecular flexibility index (Phi) is 4.73. The number of halogens is 2. The molecule has 2 rings (SSSR count). The second-order valence-corrected chi connectivity index (χ2v) is 5.72. The molecular formula is C15H14BrFN2S. The standard InChI is InChI=1S/C15H14BrFN2S/c1-19(9-11-5-3-7-13(17)14(11)16)12-6-2-4-10(8-12)15(18)20/h2-8H,9H2,1H3,(H2,18,20). The van der Waals surface area contributed by atoms with Crippen molar-refractivity contribution in [1.29, 1.82) is 0 Å². The van der Waals surface area contributed by atoms with Crippen molar-refractivity contribution in [2.24, 2.45) is 5.73 Å². The minimum Gasteiger partial charge on any atom is -0.389 e. The average molecular weight is 353 g/mol. The van der Waals surface area contributed by atoms with E-state index in [2.05, 4.69) is 15.9 Å². The number of thiocarbonyl (C=S) groups is 1. The van der Waals surface area contributed by atoms with Gasteiger partial charge in [-0.25, -0.2) is 4.39 Å². The maximum atomic E-state index is 13.5. The minimum absolute atomic E-state index is 0.257. The largest absolute Gasteiger partial charge is 0.389 e. The monoisotopic (exact) mass is 352 g/mol. The van der Waals surface area contributed by atoms with Gasteiger partial charge in [0, 0.05) is 24.8 Å². The van der Waals surface area contributed by atoms with Crippen LogP contribution < -0.4 is 10.6 Å². The van der Waals surface area contributed by atoms with Gasteiger partial charge in [-0.3, -0.25) is 0 Å². The molecule has 0 spiro atoms. The summed E-state index contributed by atoms with van der Waals surface area (Å²) in [5.74, 6) is -0.257. The molecule has 0 aliphatic carbocycles. The summed E-state index contributed by atoms with van der Waals surface area (Å²) in [6.07, 6.45) is 0. The zero-order chi connectivity index (χ0) is 14.7. The van der Waals surface area contributed by atoms with Gasteiger partial charge in [-0.15, -0.1) is 0 Å². The van der Waals surface area contributed by atoms with Crippen molar-refractivity contribution in [1.82, 2.24) is 0 Å². The van der Waals surface area contributed by atoms with Gasteiger partial charge >= 0.3 is 0 Å². The summed E-state index contributed by atoms with van der Waals surface area (Å²) in [4.78, 5) is 2.38. The van der Waals surface area contributed by atoms with E-state index >= 15 is 0 Å². The van der Waals surface area contributed by atoms with Crippen molar-refractivity contribution in [2.45, 2.75) is 6.54 Å². The molecule has 0 heterocycles. The first-order valence-electron chi connectivity index (χ1n) is 6.03. The SMILES string of the molecule is CN(Cc1cccc(F)c1Br)c1cccc(C(N)=S)c1. The zero-order valence-corrected chi connectivity index (χ0v) is 13.3. The summed E-state index contributed by atoms with van der Waals surface area (Å²) < 4.78 is 14.0. The van der Waals surface area contributed by atoms with Crippen LogP contribution >= 0.6 is 28.1 Å². The molecule has 2 nitrogen and oxygen atoms in total. The van der Waals surface area contributed by atoms with Crippen molar-refractivity contribution in [3.8, 4) is 0 Å². The van der Waals surface area contributed by atoms with Gasteiger partial charge in [0.05, 0.1) is 4.47 Å². The van der Waals surface area contributed by atoms with E-state index in [1.807, 2.05) is 42.3 Å². The number of benzene rings is 2. The van der Waals surface area contributed by atoms with Crippen molar-refractivity contribution in [3.05, 3.63) is 63.9 Å². The van der Waals surface area contributed by atoms with Crippen LogP contribution in [0.3, 0.4) is 0 Å². The van der Waals surface area contributed by atoms with Gasteiger partial charge in [-0.2, -0.15) is 0 Å². The van der Waals surface area contributed by atoms with Gasteiger partial charge in [0.2, 0.25) is 0 Å². The topological polar surface area (TPSA) is 29.3 Å². The summed E-state index contributed by atoms with van der Waals surface area (Å²) in [6.45, 7) is 0.582. The van der Waals surface area contributed by atoms with Gasteiger partial charge in [-0.1, -0.05) is 36.5 Å². The van der Waals surface area contributed by atoms with Crippen LogP contribution in [0, 0.1) is 5.82 Å². The van der Waals surface area contributed by atoms with Crippen LogP contribution in [0.15, 0.2) is 46.9 Å². The van der Waals surface area contributed by atoms with E-state index < -0.39 is 0 Å². The predicted molar refractivity (Wildman–Crippen MR) is 88.5 cm³/mol. The highest BCUT2D eigenvalue weighted by Gasteiger charge is 2.09. The fraction of sp³-hybridized carbons (Fsp3) is 0.133. The molecule has 0 fully saturated rings.